The summed E-state index contributed by atoms with van der Waals surface area (Å²) in [5.74, 6) is -0.581. The summed E-state index contributed by atoms with van der Waals surface area (Å²) in [6.45, 7) is 2.43. The lowest BCUT2D eigenvalue weighted by atomic mass is 10.2. The Bertz CT molecular complexity index is 987. The summed E-state index contributed by atoms with van der Waals surface area (Å²) < 4.78 is 26.9. The van der Waals surface area contributed by atoms with Crippen molar-refractivity contribution in [2.75, 3.05) is 26.2 Å². The molecule has 1 fully saturated rings. The molecular formula is C18H18Cl2N2O4S. The molecule has 1 aliphatic heterocycles. The Morgan fingerprint density at radius 1 is 1.07 bits per heavy atom. The summed E-state index contributed by atoms with van der Waals surface area (Å²) in [4.78, 5) is 14.1. The van der Waals surface area contributed by atoms with Crippen LogP contribution in [0.3, 0.4) is 0 Å². The molecule has 9 heteroatoms. The first kappa shape index (κ1) is 19.9. The first-order valence-corrected chi connectivity index (χ1v) is 10.4. The van der Waals surface area contributed by atoms with E-state index in [-0.39, 0.29) is 53.3 Å². The number of hydrogen-bond acceptors (Lipinski definition) is 4. The number of carbonyl (C=O) groups is 1. The maximum Gasteiger partial charge on any atom is 0.255 e. The van der Waals surface area contributed by atoms with Crippen molar-refractivity contribution in [1.82, 2.24) is 9.21 Å². The second kappa shape index (κ2) is 7.67. The van der Waals surface area contributed by atoms with Crippen LogP contribution in [0.15, 0.2) is 41.3 Å². The molecule has 27 heavy (non-hydrogen) atoms. The summed E-state index contributed by atoms with van der Waals surface area (Å²) in [5.41, 5.74) is 1.02. The zero-order valence-corrected chi connectivity index (χ0v) is 16.9. The third kappa shape index (κ3) is 3.91. The molecule has 2 aromatic carbocycles. The minimum Gasteiger partial charge on any atom is -0.507 e. The van der Waals surface area contributed by atoms with Crippen molar-refractivity contribution in [2.45, 2.75) is 11.8 Å². The van der Waals surface area contributed by atoms with Crippen LogP contribution in [0.1, 0.15) is 15.9 Å². The Morgan fingerprint density at radius 3 is 2.41 bits per heavy atom. The first-order valence-electron chi connectivity index (χ1n) is 8.25. The minimum absolute atomic E-state index is 0.125. The van der Waals surface area contributed by atoms with Crippen LogP contribution in [0.25, 0.3) is 0 Å². The minimum atomic E-state index is -3.85. The summed E-state index contributed by atoms with van der Waals surface area (Å²) in [7, 11) is -3.85. The van der Waals surface area contributed by atoms with Crippen molar-refractivity contribution >= 4 is 39.1 Å². The third-order valence-corrected chi connectivity index (χ3v) is 7.19. The van der Waals surface area contributed by atoms with Gasteiger partial charge in [-0.05, 0) is 36.8 Å². The van der Waals surface area contributed by atoms with Crippen molar-refractivity contribution < 1.29 is 18.3 Å². The molecule has 0 unspecified atom stereocenters. The van der Waals surface area contributed by atoms with Crippen LogP contribution in [0.2, 0.25) is 10.0 Å². The Kier molecular flexibility index (Phi) is 5.67. The number of phenolic OH excluding ortho intramolecular Hbond substituents is 1. The number of aryl methyl sites for hydroxylation is 1. The van der Waals surface area contributed by atoms with Gasteiger partial charge < -0.3 is 10.0 Å². The third-order valence-electron chi connectivity index (χ3n) is 4.44. The van der Waals surface area contributed by atoms with E-state index in [0.717, 1.165) is 5.56 Å². The second-order valence-corrected chi connectivity index (χ2v) is 8.96. The van der Waals surface area contributed by atoms with Gasteiger partial charge in [0.15, 0.2) is 0 Å². The number of hydrogen-bond donors (Lipinski definition) is 1. The molecule has 6 nitrogen and oxygen atoms in total. The molecule has 2 aromatic rings. The normalized spacial score (nSPS) is 15.7. The van der Waals surface area contributed by atoms with Gasteiger partial charge in [-0.15, -0.1) is 0 Å². The molecule has 0 saturated carbocycles. The van der Waals surface area contributed by atoms with Crippen molar-refractivity contribution in [3.05, 3.63) is 57.6 Å². The van der Waals surface area contributed by atoms with E-state index in [9.17, 15) is 18.3 Å². The van der Waals surface area contributed by atoms with Gasteiger partial charge >= 0.3 is 0 Å². The van der Waals surface area contributed by atoms with E-state index in [1.807, 2.05) is 0 Å². The van der Waals surface area contributed by atoms with Crippen LogP contribution >= 0.6 is 23.2 Å². The summed E-state index contributed by atoms with van der Waals surface area (Å²) in [6.07, 6.45) is 0. The molecule has 3 rings (SSSR count). The topological polar surface area (TPSA) is 77.9 Å². The van der Waals surface area contributed by atoms with E-state index >= 15 is 0 Å². The highest BCUT2D eigenvalue weighted by Gasteiger charge is 2.32. The van der Waals surface area contributed by atoms with E-state index < -0.39 is 10.0 Å². The fourth-order valence-corrected chi connectivity index (χ4v) is 4.91. The van der Waals surface area contributed by atoms with Gasteiger partial charge in [-0.2, -0.15) is 4.31 Å². The molecule has 1 N–H and O–H groups in total. The lowest BCUT2D eigenvalue weighted by molar-refractivity contribution is 0.0698. The van der Waals surface area contributed by atoms with Crippen molar-refractivity contribution in [3.63, 3.8) is 0 Å². The molecule has 0 aromatic heterocycles. The lowest BCUT2D eigenvalue weighted by Crippen LogP contribution is -2.50. The molecule has 0 spiro atoms. The molecular weight excluding hydrogens is 411 g/mol. The summed E-state index contributed by atoms with van der Waals surface area (Å²) >= 11 is 12.1. The highest BCUT2D eigenvalue weighted by atomic mass is 35.5. The molecule has 1 heterocycles. The molecule has 1 saturated heterocycles. The molecule has 0 radical (unpaired) electrons. The van der Waals surface area contributed by atoms with Crippen molar-refractivity contribution in [3.8, 4) is 5.75 Å². The number of piperazine rings is 1. The zero-order chi connectivity index (χ0) is 19.8. The number of phenols is 1. The summed E-state index contributed by atoms with van der Waals surface area (Å²) in [5, 5.41) is 10.4. The quantitative estimate of drug-likeness (QED) is 0.813. The van der Waals surface area contributed by atoms with Crippen molar-refractivity contribution in [2.24, 2.45) is 0 Å². The first-order chi connectivity index (χ1) is 12.7. The molecule has 1 aliphatic rings. The largest absolute Gasteiger partial charge is 0.507 e. The Labute approximate surface area is 168 Å². The summed E-state index contributed by atoms with van der Waals surface area (Å²) in [6, 6.07) is 9.27. The SMILES string of the molecule is Cc1ccc(O)c(S(=O)(=O)N2CCN(C(=O)c3cccc(Cl)c3Cl)CC2)c1. The predicted octanol–water partition coefficient (Wildman–Crippen LogP) is 3.15. The van der Waals surface area contributed by atoms with Gasteiger partial charge in [-0.3, -0.25) is 4.79 Å². The highest BCUT2D eigenvalue weighted by molar-refractivity contribution is 7.89. The maximum atomic E-state index is 12.8. The molecule has 0 aliphatic carbocycles. The zero-order valence-electron chi connectivity index (χ0n) is 14.5. The van der Waals surface area contributed by atoms with Gasteiger partial charge in [0, 0.05) is 26.2 Å². The number of amides is 1. The van der Waals surface area contributed by atoms with E-state index in [1.165, 1.54) is 16.4 Å². The number of rotatable bonds is 3. The van der Waals surface area contributed by atoms with Gasteiger partial charge in [0.1, 0.15) is 10.6 Å². The van der Waals surface area contributed by atoms with E-state index in [2.05, 4.69) is 0 Å². The smallest absolute Gasteiger partial charge is 0.255 e. The van der Waals surface area contributed by atoms with Crippen LogP contribution < -0.4 is 0 Å². The molecule has 144 valence electrons. The number of benzene rings is 2. The van der Waals surface area contributed by atoms with E-state index in [1.54, 1.807) is 36.1 Å². The van der Waals surface area contributed by atoms with Crippen LogP contribution in [-0.4, -0.2) is 54.8 Å². The fourth-order valence-electron chi connectivity index (χ4n) is 2.94. The average Bonchev–Trinajstić information content (AvgIpc) is 2.65. The average molecular weight is 429 g/mol. The number of carbonyl (C=O) groups excluding carboxylic acids is 1. The van der Waals surface area contributed by atoms with Gasteiger partial charge in [-0.25, -0.2) is 8.42 Å². The monoisotopic (exact) mass is 428 g/mol. The Morgan fingerprint density at radius 2 is 1.74 bits per heavy atom. The van der Waals surface area contributed by atoms with Crippen molar-refractivity contribution in [1.29, 1.82) is 0 Å². The Hall–Kier alpha value is -1.80. The fraction of sp³-hybridized carbons (Fsp3) is 0.278. The van der Waals surface area contributed by atoms with Gasteiger partial charge in [0.25, 0.3) is 5.91 Å². The number of aromatic hydroxyl groups is 1. The van der Waals surface area contributed by atoms with E-state index in [4.69, 9.17) is 23.2 Å². The molecule has 0 atom stereocenters. The van der Waals surface area contributed by atoms with Gasteiger partial charge in [-0.1, -0.05) is 35.3 Å². The number of halogens is 2. The standard InChI is InChI=1S/C18H18Cl2N2O4S/c1-12-5-6-15(23)16(11-12)27(25,26)22-9-7-21(8-10-22)18(24)13-3-2-4-14(19)17(13)20/h2-6,11,23H,7-10H2,1H3. The van der Waals surface area contributed by atoms with E-state index in [0.29, 0.717) is 5.02 Å². The van der Waals surface area contributed by atoms with Gasteiger partial charge in [0.2, 0.25) is 10.0 Å². The predicted molar refractivity (Wildman–Crippen MR) is 104 cm³/mol. The van der Waals surface area contributed by atoms with Crippen LogP contribution in [0, 0.1) is 6.92 Å². The lowest BCUT2D eigenvalue weighted by Gasteiger charge is -2.34. The number of sulfonamides is 1. The highest BCUT2D eigenvalue weighted by Crippen LogP contribution is 2.29. The van der Waals surface area contributed by atoms with Crippen LogP contribution in [0.4, 0.5) is 0 Å². The van der Waals surface area contributed by atoms with Crippen LogP contribution in [0.5, 0.6) is 5.75 Å². The Balaban J connectivity index is 1.76. The van der Waals surface area contributed by atoms with Gasteiger partial charge in [0.05, 0.1) is 15.6 Å². The second-order valence-electron chi connectivity index (χ2n) is 6.27. The molecule has 1 amide bonds. The van der Waals surface area contributed by atoms with Crippen LogP contribution in [-0.2, 0) is 10.0 Å². The maximum absolute atomic E-state index is 12.8. The molecule has 0 bridgehead atoms. The number of nitrogens with zero attached hydrogens (tertiary/aromatic N) is 2.